The summed E-state index contributed by atoms with van der Waals surface area (Å²) < 4.78 is 3.43. The summed E-state index contributed by atoms with van der Waals surface area (Å²) in [5.41, 5.74) is 0.260. The number of hydrogen-bond donors (Lipinski definition) is 1. The summed E-state index contributed by atoms with van der Waals surface area (Å²) in [4.78, 5) is 19.2. The minimum atomic E-state index is -0.336. The Morgan fingerprint density at radius 1 is 1.32 bits per heavy atom. The molecule has 1 saturated heterocycles. The molecular formula is C16H24N8O. The van der Waals surface area contributed by atoms with Gasteiger partial charge in [-0.2, -0.15) is 4.98 Å². The van der Waals surface area contributed by atoms with E-state index in [-0.39, 0.29) is 11.6 Å². The summed E-state index contributed by atoms with van der Waals surface area (Å²) >= 11 is 0. The Bertz CT molecular complexity index is 766. The first kappa shape index (κ1) is 16.2. The quantitative estimate of drug-likeness (QED) is 0.881. The predicted molar refractivity (Wildman–Crippen MR) is 91.1 cm³/mol. The van der Waals surface area contributed by atoms with Crippen LogP contribution in [0.2, 0.25) is 0 Å². The Hall–Kier alpha value is -2.29. The van der Waals surface area contributed by atoms with E-state index in [1.54, 1.807) is 13.2 Å². The van der Waals surface area contributed by atoms with Crippen LogP contribution in [0, 0.1) is 5.92 Å². The summed E-state index contributed by atoms with van der Waals surface area (Å²) in [6.45, 7) is 5.52. The highest BCUT2D eigenvalue weighted by Gasteiger charge is 2.29. The molecule has 1 N–H and O–H groups in total. The third-order valence-corrected chi connectivity index (χ3v) is 5.10. The van der Waals surface area contributed by atoms with E-state index in [2.05, 4.69) is 37.5 Å². The molecule has 4 heterocycles. The van der Waals surface area contributed by atoms with Gasteiger partial charge in [0, 0.05) is 26.1 Å². The monoisotopic (exact) mass is 344 g/mol. The van der Waals surface area contributed by atoms with E-state index in [0.717, 1.165) is 31.1 Å². The minimum Gasteiger partial charge on any atom is -0.298 e. The maximum atomic E-state index is 12.2. The molecule has 134 valence electrons. The number of aromatic nitrogens is 6. The van der Waals surface area contributed by atoms with Gasteiger partial charge in [0.05, 0.1) is 12.7 Å². The molecule has 0 radical (unpaired) electrons. The average molecular weight is 344 g/mol. The number of fused-ring (bicyclic) bond motifs is 1. The Morgan fingerprint density at radius 2 is 2.20 bits per heavy atom. The Balaban J connectivity index is 1.43. The van der Waals surface area contributed by atoms with Gasteiger partial charge in [0.25, 0.3) is 5.91 Å². The SMILES string of the molecule is CC1CCCN(C2CCc3nc(NC(=O)c4cn(C)nn4)nn3C2)C1. The zero-order chi connectivity index (χ0) is 17.4. The van der Waals surface area contributed by atoms with E-state index in [0.29, 0.717) is 12.0 Å². The normalized spacial score (nSPS) is 24.1. The lowest BCUT2D eigenvalue weighted by Crippen LogP contribution is -2.46. The van der Waals surface area contributed by atoms with Crippen LogP contribution in [0.5, 0.6) is 0 Å². The number of nitrogens with one attached hydrogen (secondary N) is 1. The lowest BCUT2D eigenvalue weighted by atomic mass is 9.96. The lowest BCUT2D eigenvalue weighted by molar-refractivity contribution is 0.100. The second-order valence-corrected chi connectivity index (χ2v) is 7.20. The highest BCUT2D eigenvalue weighted by atomic mass is 16.2. The van der Waals surface area contributed by atoms with E-state index in [9.17, 15) is 4.79 Å². The number of anilines is 1. The molecule has 2 aromatic heterocycles. The smallest absolute Gasteiger partial charge is 0.280 e. The maximum absolute atomic E-state index is 12.2. The van der Waals surface area contributed by atoms with Crippen molar-refractivity contribution >= 4 is 11.9 Å². The number of aryl methyl sites for hydroxylation is 2. The van der Waals surface area contributed by atoms with Crippen molar-refractivity contribution in [2.75, 3.05) is 18.4 Å². The van der Waals surface area contributed by atoms with Crippen molar-refractivity contribution in [2.45, 2.75) is 45.2 Å². The first-order valence-electron chi connectivity index (χ1n) is 8.94. The number of likely N-dealkylation sites (tertiary alicyclic amines) is 1. The van der Waals surface area contributed by atoms with Gasteiger partial charge in [-0.05, 0) is 31.7 Å². The minimum absolute atomic E-state index is 0.260. The summed E-state index contributed by atoms with van der Waals surface area (Å²) in [7, 11) is 1.72. The molecule has 2 atom stereocenters. The van der Waals surface area contributed by atoms with Crippen LogP contribution in [0.3, 0.4) is 0 Å². The second kappa shape index (κ2) is 6.55. The van der Waals surface area contributed by atoms with Gasteiger partial charge in [-0.3, -0.25) is 19.7 Å². The fourth-order valence-corrected chi connectivity index (χ4v) is 3.82. The molecule has 0 spiro atoms. The molecule has 9 nitrogen and oxygen atoms in total. The van der Waals surface area contributed by atoms with E-state index in [1.807, 2.05) is 4.68 Å². The zero-order valence-corrected chi connectivity index (χ0v) is 14.7. The Morgan fingerprint density at radius 3 is 2.96 bits per heavy atom. The van der Waals surface area contributed by atoms with E-state index in [1.165, 1.54) is 30.6 Å². The van der Waals surface area contributed by atoms with Gasteiger partial charge >= 0.3 is 0 Å². The predicted octanol–water partition coefficient (Wildman–Crippen LogP) is 0.706. The molecule has 4 rings (SSSR count). The van der Waals surface area contributed by atoms with Crippen LogP contribution in [0.15, 0.2) is 6.20 Å². The van der Waals surface area contributed by atoms with Crippen LogP contribution in [0.25, 0.3) is 0 Å². The topological polar surface area (TPSA) is 93.8 Å². The highest BCUT2D eigenvalue weighted by molar-refractivity contribution is 6.01. The van der Waals surface area contributed by atoms with Crippen molar-refractivity contribution in [1.29, 1.82) is 0 Å². The maximum Gasteiger partial charge on any atom is 0.280 e. The molecule has 1 fully saturated rings. The first-order chi connectivity index (χ1) is 12.1. The van der Waals surface area contributed by atoms with Crippen LogP contribution in [-0.4, -0.2) is 59.7 Å². The van der Waals surface area contributed by atoms with Gasteiger partial charge in [-0.25, -0.2) is 4.68 Å². The van der Waals surface area contributed by atoms with Crippen molar-refractivity contribution in [1.82, 2.24) is 34.7 Å². The summed E-state index contributed by atoms with van der Waals surface area (Å²) in [5.74, 6) is 1.72. The second-order valence-electron chi connectivity index (χ2n) is 7.20. The van der Waals surface area contributed by atoms with E-state index < -0.39 is 0 Å². The number of piperidine rings is 1. The fourth-order valence-electron chi connectivity index (χ4n) is 3.82. The number of hydrogen-bond acceptors (Lipinski definition) is 6. The van der Waals surface area contributed by atoms with Gasteiger partial charge in [-0.15, -0.1) is 10.2 Å². The molecule has 2 aliphatic heterocycles. The molecule has 2 aromatic rings. The molecule has 9 heteroatoms. The van der Waals surface area contributed by atoms with E-state index in [4.69, 9.17) is 0 Å². The summed E-state index contributed by atoms with van der Waals surface area (Å²) in [6, 6.07) is 0.514. The van der Waals surface area contributed by atoms with Crippen LogP contribution in [0.1, 0.15) is 42.5 Å². The highest BCUT2D eigenvalue weighted by Crippen LogP contribution is 2.24. The number of nitrogens with zero attached hydrogens (tertiary/aromatic N) is 7. The number of rotatable bonds is 3. The molecule has 1 amide bonds. The van der Waals surface area contributed by atoms with E-state index >= 15 is 0 Å². The first-order valence-corrected chi connectivity index (χ1v) is 8.94. The number of amides is 1. The van der Waals surface area contributed by atoms with Gasteiger partial charge < -0.3 is 0 Å². The zero-order valence-electron chi connectivity index (χ0n) is 14.7. The van der Waals surface area contributed by atoms with Crippen LogP contribution >= 0.6 is 0 Å². The third-order valence-electron chi connectivity index (χ3n) is 5.10. The average Bonchev–Trinajstić information content (AvgIpc) is 3.19. The van der Waals surface area contributed by atoms with Crippen molar-refractivity contribution in [3.05, 3.63) is 17.7 Å². The van der Waals surface area contributed by atoms with Gasteiger partial charge in [0.15, 0.2) is 5.69 Å². The van der Waals surface area contributed by atoms with Crippen molar-refractivity contribution in [3.8, 4) is 0 Å². The van der Waals surface area contributed by atoms with Gasteiger partial charge in [0.2, 0.25) is 5.95 Å². The summed E-state index contributed by atoms with van der Waals surface area (Å²) in [6.07, 6.45) is 6.17. The van der Waals surface area contributed by atoms with Crippen LogP contribution in [-0.2, 0) is 20.0 Å². The standard InChI is InChI=1S/C16H24N8O/c1-11-4-3-7-23(8-11)12-5-6-14-17-16(20-24(14)9-12)18-15(25)13-10-22(2)21-19-13/h10-12H,3-9H2,1-2H3,(H,18,20,25). The molecule has 25 heavy (non-hydrogen) atoms. The number of carbonyl (C=O) groups is 1. The Labute approximate surface area is 146 Å². The van der Waals surface area contributed by atoms with Gasteiger partial charge in [-0.1, -0.05) is 12.1 Å². The lowest BCUT2D eigenvalue weighted by Gasteiger charge is -2.38. The molecule has 2 unspecified atom stereocenters. The molecule has 0 aromatic carbocycles. The molecule has 0 saturated carbocycles. The number of carbonyl (C=O) groups excluding carboxylic acids is 1. The molecule has 2 aliphatic rings. The molecule has 0 aliphatic carbocycles. The van der Waals surface area contributed by atoms with Crippen LogP contribution < -0.4 is 5.32 Å². The Kier molecular flexibility index (Phi) is 4.24. The van der Waals surface area contributed by atoms with Crippen LogP contribution in [0.4, 0.5) is 5.95 Å². The molecule has 0 bridgehead atoms. The van der Waals surface area contributed by atoms with Crippen molar-refractivity contribution in [2.24, 2.45) is 13.0 Å². The fraction of sp³-hybridized carbons (Fsp3) is 0.688. The van der Waals surface area contributed by atoms with Crippen molar-refractivity contribution < 1.29 is 4.79 Å². The summed E-state index contributed by atoms with van der Waals surface area (Å²) in [5, 5.41) is 14.8. The van der Waals surface area contributed by atoms with Gasteiger partial charge in [0.1, 0.15) is 5.82 Å². The molecular weight excluding hydrogens is 320 g/mol. The largest absolute Gasteiger partial charge is 0.298 e. The third kappa shape index (κ3) is 3.41. The van der Waals surface area contributed by atoms with Crippen molar-refractivity contribution in [3.63, 3.8) is 0 Å².